The first-order chi connectivity index (χ1) is 11.4. The van der Waals surface area contributed by atoms with E-state index in [2.05, 4.69) is 0 Å². The van der Waals surface area contributed by atoms with Crippen molar-refractivity contribution in [1.29, 1.82) is 0 Å². The molecular formula is C17H11F7O. The van der Waals surface area contributed by atoms with Crippen LogP contribution in [-0.2, 0) is 5.41 Å². The van der Waals surface area contributed by atoms with E-state index in [0.29, 0.717) is 36.4 Å². The summed E-state index contributed by atoms with van der Waals surface area (Å²) < 4.78 is 95.3. The van der Waals surface area contributed by atoms with E-state index in [9.17, 15) is 35.5 Å². The zero-order valence-corrected chi connectivity index (χ0v) is 12.7. The zero-order chi connectivity index (χ0) is 19.0. The fraction of sp³-hybridized carbons (Fsp3) is 0.235. The molecule has 0 bridgehead atoms. The number of hydrogen-bond donors (Lipinski definition) is 0. The van der Waals surface area contributed by atoms with Gasteiger partial charge in [0.25, 0.3) is 0 Å². The molecule has 2 aromatic carbocycles. The van der Waals surface area contributed by atoms with E-state index in [0.717, 1.165) is 19.1 Å². The minimum Gasteiger partial charge on any atom is -0.295 e. The molecule has 0 heterocycles. The molecule has 134 valence electrons. The molecule has 0 saturated carbocycles. The third kappa shape index (κ3) is 3.12. The highest BCUT2D eigenvalue weighted by Gasteiger charge is 2.72. The monoisotopic (exact) mass is 364 g/mol. The number of benzene rings is 2. The molecule has 0 N–H and O–H groups in total. The van der Waals surface area contributed by atoms with Crippen molar-refractivity contribution in [2.75, 3.05) is 0 Å². The standard InChI is InChI=1S/C17H11F7O/c1-10(25)11-2-4-12(5-3-11)15(16(19,20)21,17(22,23)24)13-6-8-14(18)9-7-13/h2-9H,1H3. The van der Waals surface area contributed by atoms with Crippen LogP contribution in [0.25, 0.3) is 0 Å². The maximum absolute atomic E-state index is 13.7. The SMILES string of the molecule is CC(=O)c1ccc(C(c2ccc(F)cc2)(C(F)(F)F)C(F)(F)F)cc1. The fourth-order valence-electron chi connectivity index (χ4n) is 2.64. The first kappa shape index (κ1) is 19.0. The van der Waals surface area contributed by atoms with Gasteiger partial charge in [0.2, 0.25) is 5.41 Å². The Morgan fingerprint density at radius 2 is 1.08 bits per heavy atom. The van der Waals surface area contributed by atoms with Crippen molar-refractivity contribution in [1.82, 2.24) is 0 Å². The summed E-state index contributed by atoms with van der Waals surface area (Å²) >= 11 is 0. The number of carbonyl (C=O) groups is 1. The average molecular weight is 364 g/mol. The van der Waals surface area contributed by atoms with E-state index in [1.807, 2.05) is 0 Å². The van der Waals surface area contributed by atoms with Crippen molar-refractivity contribution >= 4 is 5.78 Å². The molecule has 0 aliphatic rings. The summed E-state index contributed by atoms with van der Waals surface area (Å²) in [5.74, 6) is -1.47. The van der Waals surface area contributed by atoms with Gasteiger partial charge in [-0.1, -0.05) is 36.4 Å². The van der Waals surface area contributed by atoms with E-state index in [4.69, 9.17) is 0 Å². The lowest BCUT2D eigenvalue weighted by Gasteiger charge is -2.38. The summed E-state index contributed by atoms with van der Waals surface area (Å²) in [5.41, 5.74) is -6.64. The third-order valence-corrected chi connectivity index (χ3v) is 3.85. The van der Waals surface area contributed by atoms with E-state index in [-0.39, 0.29) is 5.56 Å². The largest absolute Gasteiger partial charge is 0.411 e. The molecule has 8 heteroatoms. The molecule has 0 fully saturated rings. The van der Waals surface area contributed by atoms with E-state index >= 15 is 0 Å². The van der Waals surface area contributed by atoms with Gasteiger partial charge in [0.15, 0.2) is 5.78 Å². The van der Waals surface area contributed by atoms with Crippen LogP contribution in [0.5, 0.6) is 0 Å². The summed E-state index contributed by atoms with van der Waals surface area (Å²) in [7, 11) is 0. The topological polar surface area (TPSA) is 17.1 Å². The Morgan fingerprint density at radius 3 is 1.40 bits per heavy atom. The van der Waals surface area contributed by atoms with Crippen molar-refractivity contribution in [3.8, 4) is 0 Å². The Balaban J connectivity index is 2.83. The number of Topliss-reactive ketones (excluding diaryl/α,β-unsaturated/α-hetero) is 1. The predicted molar refractivity (Wildman–Crippen MR) is 75.7 cm³/mol. The second-order valence-electron chi connectivity index (χ2n) is 5.39. The van der Waals surface area contributed by atoms with E-state index in [1.54, 1.807) is 0 Å². The van der Waals surface area contributed by atoms with Crippen LogP contribution in [0.2, 0.25) is 0 Å². The summed E-state index contributed by atoms with van der Waals surface area (Å²) in [6, 6.07) is 4.99. The Morgan fingerprint density at radius 1 is 0.720 bits per heavy atom. The smallest absolute Gasteiger partial charge is 0.295 e. The highest BCUT2D eigenvalue weighted by Crippen LogP contribution is 2.56. The van der Waals surface area contributed by atoms with Crippen molar-refractivity contribution in [3.63, 3.8) is 0 Å². The molecule has 0 spiro atoms. The van der Waals surface area contributed by atoms with Gasteiger partial charge in [-0.25, -0.2) is 4.39 Å². The van der Waals surface area contributed by atoms with Crippen LogP contribution in [-0.4, -0.2) is 18.1 Å². The number of rotatable bonds is 3. The molecule has 0 aliphatic heterocycles. The third-order valence-electron chi connectivity index (χ3n) is 3.85. The molecule has 0 radical (unpaired) electrons. The fourth-order valence-corrected chi connectivity index (χ4v) is 2.64. The Kier molecular flexibility index (Phi) is 4.67. The number of alkyl halides is 6. The highest BCUT2D eigenvalue weighted by molar-refractivity contribution is 5.94. The number of halogens is 7. The molecule has 0 unspecified atom stereocenters. The van der Waals surface area contributed by atoms with Gasteiger partial charge in [-0.3, -0.25) is 4.79 Å². The van der Waals surface area contributed by atoms with Crippen LogP contribution in [0, 0.1) is 5.82 Å². The molecule has 25 heavy (non-hydrogen) atoms. The van der Waals surface area contributed by atoms with Crippen molar-refractivity contribution < 1.29 is 35.5 Å². The Hall–Kier alpha value is -2.38. The first-order valence-electron chi connectivity index (χ1n) is 6.92. The van der Waals surface area contributed by atoms with Crippen molar-refractivity contribution in [2.24, 2.45) is 0 Å². The lowest BCUT2D eigenvalue weighted by molar-refractivity contribution is -0.288. The second-order valence-corrected chi connectivity index (χ2v) is 5.39. The summed E-state index contributed by atoms with van der Waals surface area (Å²) in [6.07, 6.45) is -11.5. The van der Waals surface area contributed by atoms with Gasteiger partial charge in [0.05, 0.1) is 0 Å². The summed E-state index contributed by atoms with van der Waals surface area (Å²) in [5, 5.41) is 0. The molecule has 0 saturated heterocycles. The normalized spacial score (nSPS) is 13.0. The van der Waals surface area contributed by atoms with E-state index in [1.165, 1.54) is 0 Å². The van der Waals surface area contributed by atoms with Gasteiger partial charge < -0.3 is 0 Å². The van der Waals surface area contributed by atoms with Crippen LogP contribution >= 0.6 is 0 Å². The first-order valence-corrected chi connectivity index (χ1v) is 6.92. The second kappa shape index (κ2) is 6.16. The molecule has 2 aromatic rings. The number of hydrogen-bond acceptors (Lipinski definition) is 1. The molecule has 1 nitrogen and oxygen atoms in total. The Bertz CT molecular complexity index is 742. The molecular weight excluding hydrogens is 353 g/mol. The van der Waals surface area contributed by atoms with Gasteiger partial charge in [0, 0.05) is 5.56 Å². The van der Waals surface area contributed by atoms with Gasteiger partial charge in [-0.2, -0.15) is 26.3 Å². The molecule has 2 rings (SSSR count). The maximum atomic E-state index is 13.7. The minimum absolute atomic E-state index is 0.0268. The highest BCUT2D eigenvalue weighted by atomic mass is 19.4. The Labute approximate surface area is 138 Å². The van der Waals surface area contributed by atoms with Crippen LogP contribution in [0.15, 0.2) is 48.5 Å². The van der Waals surface area contributed by atoms with E-state index < -0.39 is 40.5 Å². The molecule has 0 aromatic heterocycles. The maximum Gasteiger partial charge on any atom is 0.411 e. The molecule has 0 aliphatic carbocycles. The predicted octanol–water partition coefficient (Wildman–Crippen LogP) is 5.44. The van der Waals surface area contributed by atoms with Crippen molar-refractivity contribution in [2.45, 2.75) is 24.7 Å². The van der Waals surface area contributed by atoms with Crippen LogP contribution in [0.4, 0.5) is 30.7 Å². The van der Waals surface area contributed by atoms with Crippen LogP contribution in [0.3, 0.4) is 0 Å². The molecule has 0 atom stereocenters. The van der Waals surface area contributed by atoms with Crippen molar-refractivity contribution in [3.05, 3.63) is 71.0 Å². The average Bonchev–Trinajstić information content (AvgIpc) is 2.47. The quantitative estimate of drug-likeness (QED) is 0.524. The van der Waals surface area contributed by atoms with Crippen LogP contribution in [0.1, 0.15) is 28.4 Å². The summed E-state index contributed by atoms with van der Waals surface area (Å²) in [6.45, 7) is 1.13. The van der Waals surface area contributed by atoms with Gasteiger partial charge in [0.1, 0.15) is 5.82 Å². The summed E-state index contributed by atoms with van der Waals surface area (Å²) in [4.78, 5) is 11.2. The zero-order valence-electron chi connectivity index (χ0n) is 12.7. The van der Waals surface area contributed by atoms with Gasteiger partial charge >= 0.3 is 12.4 Å². The van der Waals surface area contributed by atoms with Crippen LogP contribution < -0.4 is 0 Å². The lowest BCUT2D eigenvalue weighted by atomic mass is 9.72. The lowest BCUT2D eigenvalue weighted by Crippen LogP contribution is -2.54. The number of ketones is 1. The minimum atomic E-state index is -5.75. The molecule has 0 amide bonds. The van der Waals surface area contributed by atoms with Gasteiger partial charge in [-0.05, 0) is 30.2 Å². The van der Waals surface area contributed by atoms with Gasteiger partial charge in [-0.15, -0.1) is 0 Å². The number of carbonyl (C=O) groups excluding carboxylic acids is 1.